The van der Waals surface area contributed by atoms with Crippen LogP contribution in [0, 0.1) is 9.39 Å². The normalized spacial score (nSPS) is 10.2. The number of carbonyl (C=O) groups is 1. The molecule has 1 rings (SSSR count). The third-order valence-corrected chi connectivity index (χ3v) is 3.08. The van der Waals surface area contributed by atoms with E-state index in [4.69, 9.17) is 5.11 Å². The number of aliphatic hydroxyl groups excluding tert-OH is 1. The Morgan fingerprint density at radius 1 is 1.56 bits per heavy atom. The molecule has 5 heteroatoms. The summed E-state index contributed by atoms with van der Waals surface area (Å²) >= 11 is 1.87. The maximum Gasteiger partial charge on any atom is 0.254 e. The topological polar surface area (TPSA) is 40.5 Å². The molecule has 1 aromatic rings. The highest BCUT2D eigenvalue weighted by Gasteiger charge is 2.14. The molecule has 1 amide bonds. The Labute approximate surface area is 107 Å². The Bertz CT molecular complexity index is 384. The Kier molecular flexibility index (Phi) is 5.14. The molecule has 16 heavy (non-hydrogen) atoms. The van der Waals surface area contributed by atoms with E-state index in [2.05, 4.69) is 0 Å². The van der Waals surface area contributed by atoms with Crippen molar-refractivity contribution < 1.29 is 14.3 Å². The highest BCUT2D eigenvalue weighted by molar-refractivity contribution is 14.1. The van der Waals surface area contributed by atoms with Gasteiger partial charge in [0.2, 0.25) is 0 Å². The first-order valence-electron chi connectivity index (χ1n) is 4.95. The van der Waals surface area contributed by atoms with Crippen molar-refractivity contribution in [1.82, 2.24) is 4.90 Å². The Morgan fingerprint density at radius 3 is 2.75 bits per heavy atom. The molecule has 0 saturated carbocycles. The molecule has 0 aliphatic rings. The standard InChI is InChI=1S/C11H13FINO2/c1-2-14(5-6-15)11(16)8-3-4-10(13)9(12)7-8/h3-4,7,15H,2,5-6H2,1H3. The average Bonchev–Trinajstić information content (AvgIpc) is 2.28. The summed E-state index contributed by atoms with van der Waals surface area (Å²) in [6, 6.07) is 4.38. The lowest BCUT2D eigenvalue weighted by Crippen LogP contribution is -2.33. The number of nitrogens with zero attached hydrogens (tertiary/aromatic N) is 1. The first kappa shape index (κ1) is 13.4. The van der Waals surface area contributed by atoms with Gasteiger partial charge in [0.1, 0.15) is 5.82 Å². The summed E-state index contributed by atoms with van der Waals surface area (Å²) in [7, 11) is 0. The van der Waals surface area contributed by atoms with Crippen molar-refractivity contribution in [3.05, 3.63) is 33.1 Å². The van der Waals surface area contributed by atoms with Crippen LogP contribution in [0.4, 0.5) is 4.39 Å². The highest BCUT2D eigenvalue weighted by Crippen LogP contribution is 2.14. The molecule has 0 atom stereocenters. The third-order valence-electron chi connectivity index (χ3n) is 2.21. The van der Waals surface area contributed by atoms with E-state index in [0.29, 0.717) is 15.7 Å². The molecule has 0 unspecified atom stereocenters. The van der Waals surface area contributed by atoms with Crippen LogP contribution in [0.3, 0.4) is 0 Å². The van der Waals surface area contributed by atoms with Crippen LogP contribution in [-0.2, 0) is 0 Å². The number of amides is 1. The van der Waals surface area contributed by atoms with E-state index >= 15 is 0 Å². The summed E-state index contributed by atoms with van der Waals surface area (Å²) in [6.45, 7) is 2.49. The zero-order chi connectivity index (χ0) is 12.1. The van der Waals surface area contributed by atoms with Gasteiger partial charge in [-0.25, -0.2) is 4.39 Å². The van der Waals surface area contributed by atoms with Crippen molar-refractivity contribution in [2.75, 3.05) is 19.7 Å². The van der Waals surface area contributed by atoms with Crippen LogP contribution in [0.25, 0.3) is 0 Å². The van der Waals surface area contributed by atoms with Crippen LogP contribution in [0.1, 0.15) is 17.3 Å². The first-order chi connectivity index (χ1) is 7.60. The van der Waals surface area contributed by atoms with Crippen LogP contribution in [0.5, 0.6) is 0 Å². The van der Waals surface area contributed by atoms with E-state index in [0.717, 1.165) is 0 Å². The minimum absolute atomic E-state index is 0.0908. The van der Waals surface area contributed by atoms with Gasteiger partial charge in [0.15, 0.2) is 0 Å². The molecule has 88 valence electrons. The van der Waals surface area contributed by atoms with Gasteiger partial charge in [0.05, 0.1) is 6.61 Å². The molecular weight excluding hydrogens is 324 g/mol. The van der Waals surface area contributed by atoms with Crippen LogP contribution < -0.4 is 0 Å². The van der Waals surface area contributed by atoms with Gasteiger partial charge in [0.25, 0.3) is 5.91 Å². The van der Waals surface area contributed by atoms with Crippen molar-refractivity contribution in [2.45, 2.75) is 6.92 Å². The maximum atomic E-state index is 13.3. The number of halogens is 2. The monoisotopic (exact) mass is 337 g/mol. The van der Waals surface area contributed by atoms with Crippen molar-refractivity contribution in [3.63, 3.8) is 0 Å². The van der Waals surface area contributed by atoms with Gasteiger partial charge in [0, 0.05) is 22.2 Å². The maximum absolute atomic E-state index is 13.3. The predicted molar refractivity (Wildman–Crippen MR) is 67.8 cm³/mol. The summed E-state index contributed by atoms with van der Waals surface area (Å²) in [5.74, 6) is -0.654. The lowest BCUT2D eigenvalue weighted by molar-refractivity contribution is 0.0731. The van der Waals surface area contributed by atoms with Gasteiger partial charge in [-0.1, -0.05) is 0 Å². The molecule has 3 nitrogen and oxygen atoms in total. The zero-order valence-corrected chi connectivity index (χ0v) is 11.1. The van der Waals surface area contributed by atoms with Crippen LogP contribution in [0.2, 0.25) is 0 Å². The Balaban J connectivity index is 2.90. The largest absolute Gasteiger partial charge is 0.395 e. The number of hydrogen-bond acceptors (Lipinski definition) is 2. The van der Waals surface area contributed by atoms with Gasteiger partial charge < -0.3 is 10.0 Å². The summed E-state index contributed by atoms with van der Waals surface area (Å²) in [5, 5.41) is 8.79. The van der Waals surface area contributed by atoms with Crippen LogP contribution in [-0.4, -0.2) is 35.6 Å². The Hall–Kier alpha value is -0.690. The Morgan fingerprint density at radius 2 is 2.25 bits per heavy atom. The molecule has 0 aromatic heterocycles. The first-order valence-corrected chi connectivity index (χ1v) is 6.03. The summed E-state index contributed by atoms with van der Waals surface area (Å²) < 4.78 is 13.8. The summed E-state index contributed by atoms with van der Waals surface area (Å²) in [5.41, 5.74) is 0.313. The van der Waals surface area contributed by atoms with E-state index in [1.807, 2.05) is 29.5 Å². The molecule has 0 fully saturated rings. The summed E-state index contributed by atoms with van der Waals surface area (Å²) in [4.78, 5) is 13.3. The lowest BCUT2D eigenvalue weighted by atomic mass is 10.2. The van der Waals surface area contributed by atoms with Crippen LogP contribution >= 0.6 is 22.6 Å². The fourth-order valence-corrected chi connectivity index (χ4v) is 1.67. The van der Waals surface area contributed by atoms with Crippen molar-refractivity contribution >= 4 is 28.5 Å². The number of rotatable bonds is 4. The van der Waals surface area contributed by atoms with Gasteiger partial charge in [-0.2, -0.15) is 0 Å². The number of carbonyl (C=O) groups excluding carboxylic acids is 1. The summed E-state index contributed by atoms with van der Waals surface area (Å²) in [6.07, 6.45) is 0. The lowest BCUT2D eigenvalue weighted by Gasteiger charge is -2.19. The fourth-order valence-electron chi connectivity index (χ4n) is 1.34. The highest BCUT2D eigenvalue weighted by atomic mass is 127. The SMILES string of the molecule is CCN(CCO)C(=O)c1ccc(I)c(F)c1. The molecule has 0 bridgehead atoms. The molecule has 0 radical (unpaired) electrons. The zero-order valence-electron chi connectivity index (χ0n) is 8.91. The van der Waals surface area contributed by atoms with Gasteiger partial charge in [-0.15, -0.1) is 0 Å². The molecule has 0 heterocycles. The fraction of sp³-hybridized carbons (Fsp3) is 0.364. The minimum atomic E-state index is -0.397. The van der Waals surface area contributed by atoms with E-state index < -0.39 is 5.82 Å². The molecule has 0 aliphatic heterocycles. The second-order valence-electron chi connectivity index (χ2n) is 3.24. The predicted octanol–water partition coefficient (Wildman–Crippen LogP) is 1.88. The molecule has 1 N–H and O–H groups in total. The van der Waals surface area contributed by atoms with Gasteiger partial charge in [-0.3, -0.25) is 4.79 Å². The van der Waals surface area contributed by atoms with Gasteiger partial charge >= 0.3 is 0 Å². The van der Waals surface area contributed by atoms with Crippen molar-refractivity contribution in [1.29, 1.82) is 0 Å². The van der Waals surface area contributed by atoms with E-state index in [-0.39, 0.29) is 19.1 Å². The van der Waals surface area contributed by atoms with E-state index in [1.54, 1.807) is 12.1 Å². The van der Waals surface area contributed by atoms with Crippen LogP contribution in [0.15, 0.2) is 18.2 Å². The minimum Gasteiger partial charge on any atom is -0.395 e. The molecular formula is C11H13FINO2. The number of benzene rings is 1. The second kappa shape index (κ2) is 6.15. The van der Waals surface area contributed by atoms with Crippen molar-refractivity contribution in [3.8, 4) is 0 Å². The smallest absolute Gasteiger partial charge is 0.254 e. The molecule has 0 spiro atoms. The van der Waals surface area contributed by atoms with Crippen molar-refractivity contribution in [2.24, 2.45) is 0 Å². The third kappa shape index (κ3) is 3.15. The van der Waals surface area contributed by atoms with E-state index in [9.17, 15) is 9.18 Å². The second-order valence-corrected chi connectivity index (χ2v) is 4.40. The number of hydrogen-bond donors (Lipinski definition) is 1. The quantitative estimate of drug-likeness (QED) is 0.853. The number of aliphatic hydroxyl groups is 1. The molecule has 0 aliphatic carbocycles. The van der Waals surface area contributed by atoms with Gasteiger partial charge in [-0.05, 0) is 47.7 Å². The molecule has 1 aromatic carbocycles. The number of likely N-dealkylation sites (N-methyl/N-ethyl adjacent to an activating group) is 1. The molecule has 0 saturated heterocycles. The van der Waals surface area contributed by atoms with E-state index in [1.165, 1.54) is 11.0 Å². The average molecular weight is 337 g/mol.